The van der Waals surface area contributed by atoms with Gasteiger partial charge in [-0.1, -0.05) is 30.3 Å². The monoisotopic (exact) mass is 421 g/mol. The number of carboxylic acids is 1. The number of nitrogens with zero attached hydrogens (tertiary/aromatic N) is 2. The largest absolute Gasteiger partial charge is 0.489 e. The van der Waals surface area contributed by atoms with Gasteiger partial charge in [-0.15, -0.1) is 0 Å². The zero-order chi connectivity index (χ0) is 21.8. The van der Waals surface area contributed by atoms with E-state index in [1.54, 1.807) is 0 Å². The number of amides is 1. The Kier molecular flexibility index (Phi) is 6.23. The Balaban J connectivity index is 1.56. The Morgan fingerprint density at radius 2 is 1.97 bits per heavy atom. The summed E-state index contributed by atoms with van der Waals surface area (Å²) < 4.78 is 7.85. The molecule has 1 atom stereocenters. The van der Waals surface area contributed by atoms with Crippen LogP contribution in [0.3, 0.4) is 0 Å². The minimum Gasteiger partial charge on any atom is -0.489 e. The number of aliphatic carboxylic acids is 1. The minimum absolute atomic E-state index is 0.106. The third-order valence-corrected chi connectivity index (χ3v) is 5.76. The van der Waals surface area contributed by atoms with Gasteiger partial charge in [0, 0.05) is 23.6 Å². The summed E-state index contributed by atoms with van der Waals surface area (Å²) in [5.74, 6) is -0.359. The first-order chi connectivity index (χ1) is 15.1. The molecular formula is C24H27N3O4. The van der Waals surface area contributed by atoms with E-state index < -0.39 is 12.0 Å². The molecule has 0 radical (unpaired) electrons. The van der Waals surface area contributed by atoms with Crippen LogP contribution in [0.25, 0.3) is 10.9 Å². The van der Waals surface area contributed by atoms with Crippen molar-refractivity contribution in [2.24, 2.45) is 5.73 Å². The van der Waals surface area contributed by atoms with Crippen molar-refractivity contribution in [2.75, 3.05) is 13.1 Å². The highest BCUT2D eigenvalue weighted by molar-refractivity contribution is 5.89. The minimum atomic E-state index is -0.938. The Morgan fingerprint density at radius 1 is 1.16 bits per heavy atom. The third kappa shape index (κ3) is 4.56. The second kappa shape index (κ2) is 9.22. The molecule has 0 spiro atoms. The van der Waals surface area contributed by atoms with Gasteiger partial charge in [-0.3, -0.25) is 4.79 Å². The van der Waals surface area contributed by atoms with Gasteiger partial charge in [-0.2, -0.15) is 0 Å². The Hall–Kier alpha value is -3.32. The highest BCUT2D eigenvalue weighted by Gasteiger charge is 2.34. The lowest BCUT2D eigenvalue weighted by atomic mass is 10.1. The zero-order valence-corrected chi connectivity index (χ0v) is 17.4. The lowest BCUT2D eigenvalue weighted by Gasteiger charge is -2.21. The first kappa shape index (κ1) is 20.9. The number of carbonyl (C=O) groups excluding carboxylic acids is 1. The molecule has 1 aliphatic rings. The Morgan fingerprint density at radius 3 is 2.71 bits per heavy atom. The van der Waals surface area contributed by atoms with Crippen LogP contribution in [0.2, 0.25) is 0 Å². The van der Waals surface area contributed by atoms with E-state index in [4.69, 9.17) is 10.5 Å². The van der Waals surface area contributed by atoms with Crippen molar-refractivity contribution >= 4 is 22.8 Å². The fourth-order valence-electron chi connectivity index (χ4n) is 4.22. The standard InChI is InChI=1S/C24H27N3O4/c25-11-10-18-14-26(15-23(28)27-12-4-7-22(27)24(29)30)21-9-8-19(13-20(18)21)31-16-17-5-2-1-3-6-17/h1-3,5-6,8-9,13-14,22H,4,7,10-12,15-16,25H2,(H,29,30)/t22-/m0/s1. The Bertz CT molecular complexity index is 1080. The maximum atomic E-state index is 12.9. The highest BCUT2D eigenvalue weighted by atomic mass is 16.5. The number of aromatic nitrogens is 1. The van der Waals surface area contributed by atoms with Crippen LogP contribution >= 0.6 is 0 Å². The molecule has 3 N–H and O–H groups in total. The lowest BCUT2D eigenvalue weighted by molar-refractivity contribution is -0.148. The topological polar surface area (TPSA) is 97.8 Å². The summed E-state index contributed by atoms with van der Waals surface area (Å²) in [6.45, 7) is 1.57. The number of benzene rings is 2. The number of likely N-dealkylation sites (tertiary alicyclic amines) is 1. The van der Waals surface area contributed by atoms with Crippen molar-refractivity contribution < 1.29 is 19.4 Å². The number of ether oxygens (including phenoxy) is 1. The van der Waals surface area contributed by atoms with Crippen LogP contribution in [0, 0.1) is 0 Å². The van der Waals surface area contributed by atoms with Gasteiger partial charge >= 0.3 is 5.97 Å². The molecule has 1 aliphatic heterocycles. The van der Waals surface area contributed by atoms with E-state index in [1.807, 2.05) is 59.3 Å². The van der Waals surface area contributed by atoms with Gasteiger partial charge in [0.15, 0.2) is 0 Å². The molecule has 1 saturated heterocycles. The predicted molar refractivity (Wildman–Crippen MR) is 118 cm³/mol. The molecule has 0 bridgehead atoms. The Labute approximate surface area is 181 Å². The van der Waals surface area contributed by atoms with Crippen molar-refractivity contribution in [3.63, 3.8) is 0 Å². The second-order valence-electron chi connectivity index (χ2n) is 7.86. The van der Waals surface area contributed by atoms with Crippen LogP contribution in [0.5, 0.6) is 5.75 Å². The summed E-state index contributed by atoms with van der Waals surface area (Å²) in [4.78, 5) is 25.8. The highest BCUT2D eigenvalue weighted by Crippen LogP contribution is 2.28. The number of carboxylic acid groups (broad SMARTS) is 1. The molecule has 1 aromatic heterocycles. The number of hydrogen-bond acceptors (Lipinski definition) is 4. The van der Waals surface area contributed by atoms with Crippen molar-refractivity contribution in [3.8, 4) is 5.75 Å². The van der Waals surface area contributed by atoms with Gasteiger partial charge in [0.05, 0.1) is 0 Å². The van der Waals surface area contributed by atoms with Crippen LogP contribution in [-0.2, 0) is 29.2 Å². The van der Waals surface area contributed by atoms with E-state index in [2.05, 4.69) is 0 Å². The SMILES string of the molecule is NCCc1cn(CC(=O)N2CCC[C@H]2C(=O)O)c2ccc(OCc3ccccc3)cc12. The zero-order valence-electron chi connectivity index (χ0n) is 17.4. The first-order valence-electron chi connectivity index (χ1n) is 10.6. The summed E-state index contributed by atoms with van der Waals surface area (Å²) in [6.07, 6.45) is 3.85. The molecule has 7 nitrogen and oxygen atoms in total. The lowest BCUT2D eigenvalue weighted by Crippen LogP contribution is -2.41. The number of fused-ring (bicyclic) bond motifs is 1. The van der Waals surface area contributed by atoms with E-state index in [9.17, 15) is 14.7 Å². The number of hydrogen-bond donors (Lipinski definition) is 2. The van der Waals surface area contributed by atoms with Crippen molar-refractivity contribution in [1.82, 2.24) is 9.47 Å². The molecular weight excluding hydrogens is 394 g/mol. The van der Waals surface area contributed by atoms with E-state index in [0.29, 0.717) is 32.5 Å². The van der Waals surface area contributed by atoms with E-state index in [1.165, 1.54) is 4.90 Å². The van der Waals surface area contributed by atoms with Crippen molar-refractivity contribution in [2.45, 2.75) is 38.5 Å². The quantitative estimate of drug-likeness (QED) is 0.583. The maximum Gasteiger partial charge on any atom is 0.326 e. The van der Waals surface area contributed by atoms with Crippen molar-refractivity contribution in [1.29, 1.82) is 0 Å². The fraction of sp³-hybridized carbons (Fsp3) is 0.333. The van der Waals surface area contributed by atoms with Gasteiger partial charge in [-0.05, 0) is 55.1 Å². The average Bonchev–Trinajstić information content (AvgIpc) is 3.39. The van der Waals surface area contributed by atoms with Crippen LogP contribution in [0.4, 0.5) is 0 Å². The maximum absolute atomic E-state index is 12.9. The molecule has 162 valence electrons. The van der Waals surface area contributed by atoms with E-state index in [-0.39, 0.29) is 12.5 Å². The molecule has 2 heterocycles. The summed E-state index contributed by atoms with van der Waals surface area (Å²) in [7, 11) is 0. The predicted octanol–water partition coefficient (Wildman–Crippen LogP) is 2.80. The fourth-order valence-corrected chi connectivity index (χ4v) is 4.22. The van der Waals surface area contributed by atoms with Crippen LogP contribution in [-0.4, -0.2) is 45.6 Å². The number of nitrogens with two attached hydrogens (primary N) is 1. The molecule has 31 heavy (non-hydrogen) atoms. The second-order valence-corrected chi connectivity index (χ2v) is 7.86. The van der Waals surface area contributed by atoms with Gasteiger partial charge in [0.25, 0.3) is 0 Å². The van der Waals surface area contributed by atoms with Gasteiger partial charge in [0.1, 0.15) is 24.9 Å². The van der Waals surface area contributed by atoms with Crippen LogP contribution in [0.15, 0.2) is 54.7 Å². The molecule has 0 aliphatic carbocycles. The summed E-state index contributed by atoms with van der Waals surface area (Å²) in [6, 6.07) is 15.1. The van der Waals surface area contributed by atoms with Crippen LogP contribution in [0.1, 0.15) is 24.0 Å². The van der Waals surface area contributed by atoms with Crippen molar-refractivity contribution in [3.05, 3.63) is 65.9 Å². The molecule has 1 amide bonds. The third-order valence-electron chi connectivity index (χ3n) is 5.76. The molecule has 0 saturated carbocycles. The van der Waals surface area contributed by atoms with E-state index >= 15 is 0 Å². The van der Waals surface area contributed by atoms with Gasteiger partial charge in [-0.25, -0.2) is 4.79 Å². The summed E-state index contributed by atoms with van der Waals surface area (Å²) >= 11 is 0. The van der Waals surface area contributed by atoms with Crippen LogP contribution < -0.4 is 10.5 Å². The molecule has 2 aromatic carbocycles. The smallest absolute Gasteiger partial charge is 0.326 e. The molecule has 4 rings (SSSR count). The number of carbonyl (C=O) groups is 2. The molecule has 0 unspecified atom stereocenters. The molecule has 1 fully saturated rings. The van der Waals surface area contributed by atoms with E-state index in [0.717, 1.165) is 34.2 Å². The van der Waals surface area contributed by atoms with Gasteiger partial charge in [0.2, 0.25) is 5.91 Å². The molecule has 7 heteroatoms. The van der Waals surface area contributed by atoms with Gasteiger partial charge < -0.3 is 25.0 Å². The summed E-state index contributed by atoms with van der Waals surface area (Å²) in [5.41, 5.74) is 8.85. The average molecular weight is 421 g/mol. The summed E-state index contributed by atoms with van der Waals surface area (Å²) in [5, 5.41) is 10.4. The normalized spacial score (nSPS) is 16.0. The molecule has 3 aromatic rings. The first-order valence-corrected chi connectivity index (χ1v) is 10.6. The number of rotatable bonds is 8.